The van der Waals surface area contributed by atoms with Crippen LogP contribution < -0.4 is 4.74 Å². The fraction of sp³-hybridized carbons (Fsp3) is 0.188. The van der Waals surface area contributed by atoms with E-state index in [1.165, 1.54) is 0 Å². The highest BCUT2D eigenvalue weighted by molar-refractivity contribution is 6.02. The Balaban J connectivity index is 2.29. The molecule has 3 N–H and O–H groups in total. The summed E-state index contributed by atoms with van der Waals surface area (Å²) in [6.07, 6.45) is 0. The molecular weight excluding hydrogens is 268 g/mol. The van der Waals surface area contributed by atoms with Crippen molar-refractivity contribution < 1.29 is 14.9 Å². The fourth-order valence-electron chi connectivity index (χ4n) is 2.43. The maximum Gasteiger partial charge on any atom is 0.144 e. The zero-order valence-electron chi connectivity index (χ0n) is 12.1. The summed E-state index contributed by atoms with van der Waals surface area (Å²) < 4.78 is 5.13. The van der Waals surface area contributed by atoms with Crippen LogP contribution in [0.4, 0.5) is 0 Å². The van der Waals surface area contributed by atoms with Crippen molar-refractivity contribution in [2.24, 2.45) is 0 Å². The number of benzene rings is 2. The minimum Gasteiger partial charge on any atom is -0.507 e. The first-order valence-corrected chi connectivity index (χ1v) is 6.58. The number of rotatable bonds is 2. The van der Waals surface area contributed by atoms with Crippen LogP contribution in [0.15, 0.2) is 24.3 Å². The van der Waals surface area contributed by atoms with Crippen molar-refractivity contribution in [3.63, 3.8) is 0 Å². The molecule has 3 rings (SSSR count). The fourth-order valence-corrected chi connectivity index (χ4v) is 2.43. The van der Waals surface area contributed by atoms with Crippen molar-refractivity contribution in [1.82, 2.24) is 10.2 Å². The molecule has 0 saturated heterocycles. The zero-order chi connectivity index (χ0) is 15.1. The summed E-state index contributed by atoms with van der Waals surface area (Å²) in [5.41, 5.74) is 3.17. The molecule has 1 heterocycles. The maximum absolute atomic E-state index is 10.4. The Labute approximate surface area is 121 Å². The first kappa shape index (κ1) is 13.3. The van der Waals surface area contributed by atoms with Crippen LogP contribution in [0.5, 0.6) is 17.2 Å². The molecule has 3 aromatic rings. The number of phenols is 2. The predicted molar refractivity (Wildman–Crippen MR) is 80.9 cm³/mol. The number of methoxy groups -OCH3 is 1. The Bertz CT molecular complexity index is 820. The lowest BCUT2D eigenvalue weighted by Gasteiger charge is -2.09. The SMILES string of the molecule is COc1ccc(-c2n[nH]c3c(O)c(C)c(C)c(O)c23)cc1. The topological polar surface area (TPSA) is 78.4 Å². The molecule has 0 saturated carbocycles. The Morgan fingerprint density at radius 1 is 1.00 bits per heavy atom. The van der Waals surface area contributed by atoms with Gasteiger partial charge in [0.15, 0.2) is 0 Å². The number of hydrogen-bond acceptors (Lipinski definition) is 4. The lowest BCUT2D eigenvalue weighted by molar-refractivity contribution is 0.415. The van der Waals surface area contributed by atoms with Crippen LogP contribution in [-0.2, 0) is 0 Å². The number of nitrogens with one attached hydrogen (secondary N) is 1. The zero-order valence-corrected chi connectivity index (χ0v) is 12.1. The smallest absolute Gasteiger partial charge is 0.144 e. The number of ether oxygens (including phenoxy) is 1. The average molecular weight is 284 g/mol. The predicted octanol–water partition coefficient (Wildman–Crippen LogP) is 3.27. The van der Waals surface area contributed by atoms with Crippen LogP contribution in [0.3, 0.4) is 0 Å². The van der Waals surface area contributed by atoms with E-state index in [1.54, 1.807) is 21.0 Å². The highest BCUT2D eigenvalue weighted by Gasteiger charge is 2.19. The Kier molecular flexibility index (Phi) is 2.97. The standard InChI is InChI=1S/C16H16N2O3/c1-8-9(2)16(20)14-12(15(8)19)13(17-18-14)10-4-6-11(21-3)7-5-10/h4-7,19-20H,1-3H3,(H,17,18). The monoisotopic (exact) mass is 284 g/mol. The molecule has 2 aromatic carbocycles. The molecule has 0 aliphatic rings. The second kappa shape index (κ2) is 4.70. The molecule has 108 valence electrons. The Hall–Kier alpha value is -2.69. The summed E-state index contributed by atoms with van der Waals surface area (Å²) in [5, 5.41) is 28.2. The first-order chi connectivity index (χ1) is 10.0. The molecule has 0 spiro atoms. The molecule has 0 amide bonds. The van der Waals surface area contributed by atoms with Gasteiger partial charge in [0.2, 0.25) is 0 Å². The molecule has 5 nitrogen and oxygen atoms in total. The van der Waals surface area contributed by atoms with Crippen molar-refractivity contribution in [1.29, 1.82) is 0 Å². The van der Waals surface area contributed by atoms with E-state index in [1.807, 2.05) is 24.3 Å². The number of aromatic nitrogens is 2. The van der Waals surface area contributed by atoms with Gasteiger partial charge in [0.05, 0.1) is 12.5 Å². The number of nitrogens with zero attached hydrogens (tertiary/aromatic N) is 1. The number of H-pyrrole nitrogens is 1. The molecule has 5 heteroatoms. The van der Waals surface area contributed by atoms with E-state index < -0.39 is 0 Å². The summed E-state index contributed by atoms with van der Waals surface area (Å²) >= 11 is 0. The quantitative estimate of drug-likeness (QED) is 0.631. The van der Waals surface area contributed by atoms with Crippen LogP contribution in [0.25, 0.3) is 22.2 Å². The molecule has 1 aromatic heterocycles. The summed E-state index contributed by atoms with van der Waals surface area (Å²) in [5.74, 6) is 1.00. The number of aromatic hydroxyl groups is 2. The molecule has 0 unspecified atom stereocenters. The van der Waals surface area contributed by atoms with Crippen LogP contribution in [0.1, 0.15) is 11.1 Å². The minimum absolute atomic E-state index is 0.118. The Morgan fingerprint density at radius 3 is 2.24 bits per heavy atom. The number of fused-ring (bicyclic) bond motifs is 1. The largest absolute Gasteiger partial charge is 0.507 e. The van der Waals surface area contributed by atoms with Crippen molar-refractivity contribution in [2.45, 2.75) is 13.8 Å². The lowest BCUT2D eigenvalue weighted by atomic mass is 10.0. The summed E-state index contributed by atoms with van der Waals surface area (Å²) in [6.45, 7) is 3.53. The van der Waals surface area contributed by atoms with Gasteiger partial charge in [-0.15, -0.1) is 0 Å². The second-order valence-electron chi connectivity index (χ2n) is 5.00. The maximum atomic E-state index is 10.4. The summed E-state index contributed by atoms with van der Waals surface area (Å²) in [6, 6.07) is 7.38. The summed E-state index contributed by atoms with van der Waals surface area (Å²) in [7, 11) is 1.61. The summed E-state index contributed by atoms with van der Waals surface area (Å²) in [4.78, 5) is 0. The van der Waals surface area contributed by atoms with Crippen molar-refractivity contribution in [3.8, 4) is 28.5 Å². The van der Waals surface area contributed by atoms with E-state index in [0.717, 1.165) is 11.3 Å². The van der Waals surface area contributed by atoms with Crippen LogP contribution in [0, 0.1) is 13.8 Å². The second-order valence-corrected chi connectivity index (χ2v) is 5.00. The van der Waals surface area contributed by atoms with E-state index in [-0.39, 0.29) is 11.5 Å². The van der Waals surface area contributed by atoms with Gasteiger partial charge in [-0.1, -0.05) is 0 Å². The van der Waals surface area contributed by atoms with Gasteiger partial charge >= 0.3 is 0 Å². The Morgan fingerprint density at radius 2 is 1.62 bits per heavy atom. The van der Waals surface area contributed by atoms with Gasteiger partial charge in [0.1, 0.15) is 28.5 Å². The van der Waals surface area contributed by atoms with Crippen LogP contribution in [-0.4, -0.2) is 27.5 Å². The van der Waals surface area contributed by atoms with Crippen LogP contribution >= 0.6 is 0 Å². The van der Waals surface area contributed by atoms with Gasteiger partial charge in [-0.3, -0.25) is 5.10 Å². The first-order valence-electron chi connectivity index (χ1n) is 6.58. The molecular formula is C16H16N2O3. The highest BCUT2D eigenvalue weighted by Crippen LogP contribution is 2.42. The lowest BCUT2D eigenvalue weighted by Crippen LogP contribution is -1.87. The highest BCUT2D eigenvalue weighted by atomic mass is 16.5. The normalized spacial score (nSPS) is 11.0. The van der Waals surface area contributed by atoms with Gasteiger partial charge < -0.3 is 14.9 Å². The average Bonchev–Trinajstić information content (AvgIpc) is 2.96. The van der Waals surface area contributed by atoms with Crippen molar-refractivity contribution >= 4 is 10.9 Å². The molecule has 21 heavy (non-hydrogen) atoms. The van der Waals surface area contributed by atoms with Gasteiger partial charge in [0.25, 0.3) is 0 Å². The molecule has 0 bridgehead atoms. The number of phenolic OH excluding ortho intramolecular Hbond substituents is 2. The van der Waals surface area contributed by atoms with E-state index in [4.69, 9.17) is 4.74 Å². The van der Waals surface area contributed by atoms with E-state index in [9.17, 15) is 10.2 Å². The van der Waals surface area contributed by atoms with Crippen molar-refractivity contribution in [3.05, 3.63) is 35.4 Å². The number of aromatic amines is 1. The number of hydrogen-bond donors (Lipinski definition) is 3. The van der Waals surface area contributed by atoms with Crippen molar-refractivity contribution in [2.75, 3.05) is 7.11 Å². The van der Waals surface area contributed by atoms with Crippen LogP contribution in [0.2, 0.25) is 0 Å². The van der Waals surface area contributed by atoms with Gasteiger partial charge in [0, 0.05) is 5.56 Å². The van der Waals surface area contributed by atoms with Gasteiger partial charge in [-0.25, -0.2) is 0 Å². The minimum atomic E-state index is 0.118. The third kappa shape index (κ3) is 1.89. The molecule has 0 aliphatic carbocycles. The molecule has 0 aliphatic heterocycles. The van der Waals surface area contributed by atoms with Gasteiger partial charge in [-0.2, -0.15) is 5.10 Å². The molecule has 0 atom stereocenters. The van der Waals surface area contributed by atoms with E-state index in [2.05, 4.69) is 10.2 Å². The molecule has 0 radical (unpaired) electrons. The molecule has 0 fully saturated rings. The van der Waals surface area contributed by atoms with E-state index in [0.29, 0.717) is 27.7 Å². The van der Waals surface area contributed by atoms with E-state index >= 15 is 0 Å². The third-order valence-electron chi connectivity index (χ3n) is 3.88. The third-order valence-corrected chi connectivity index (χ3v) is 3.88. The van der Waals surface area contributed by atoms with Gasteiger partial charge in [-0.05, 0) is 49.2 Å².